The minimum atomic E-state index is 0.500. The van der Waals surface area contributed by atoms with E-state index in [0.29, 0.717) is 6.10 Å². The summed E-state index contributed by atoms with van der Waals surface area (Å²) in [6.45, 7) is 5.42. The van der Waals surface area contributed by atoms with Gasteiger partial charge in [0.1, 0.15) is 0 Å². The summed E-state index contributed by atoms with van der Waals surface area (Å²) in [7, 11) is 0. The van der Waals surface area contributed by atoms with Gasteiger partial charge in [-0.15, -0.1) is 0 Å². The second-order valence-electron chi connectivity index (χ2n) is 5.96. The molecular weight excluding hydrogens is 248 g/mol. The summed E-state index contributed by atoms with van der Waals surface area (Å²) in [5, 5.41) is 3.52. The first-order valence-electron chi connectivity index (χ1n) is 8.08. The fourth-order valence-corrected chi connectivity index (χ4v) is 3.17. The van der Waals surface area contributed by atoms with Crippen LogP contribution >= 0.6 is 0 Å². The number of rotatable bonds is 6. The van der Waals surface area contributed by atoms with Crippen molar-refractivity contribution in [2.24, 2.45) is 0 Å². The molecule has 1 aromatic carbocycles. The summed E-state index contributed by atoms with van der Waals surface area (Å²) in [6.07, 6.45) is 6.81. The van der Waals surface area contributed by atoms with Crippen LogP contribution in [0.1, 0.15) is 37.7 Å². The number of nitrogens with zero attached hydrogens (tertiary/aromatic N) is 1. The summed E-state index contributed by atoms with van der Waals surface area (Å²) < 4.78 is 5.63. The van der Waals surface area contributed by atoms with Gasteiger partial charge in [0.2, 0.25) is 0 Å². The first kappa shape index (κ1) is 13.9. The molecule has 0 radical (unpaired) electrons. The minimum absolute atomic E-state index is 0.500. The highest BCUT2D eigenvalue weighted by molar-refractivity contribution is 5.48. The van der Waals surface area contributed by atoms with Crippen LogP contribution in [0.15, 0.2) is 24.3 Å². The normalized spacial score (nSPS) is 22.6. The molecule has 1 unspecified atom stereocenters. The van der Waals surface area contributed by atoms with Gasteiger partial charge in [-0.1, -0.05) is 12.1 Å². The molecule has 3 heteroatoms. The van der Waals surface area contributed by atoms with Crippen LogP contribution in [-0.2, 0) is 11.3 Å². The first-order chi connectivity index (χ1) is 9.92. The van der Waals surface area contributed by atoms with Gasteiger partial charge in [-0.3, -0.25) is 0 Å². The van der Waals surface area contributed by atoms with Gasteiger partial charge in [0.15, 0.2) is 0 Å². The molecule has 0 bridgehead atoms. The summed E-state index contributed by atoms with van der Waals surface area (Å²) in [6, 6.07) is 9.05. The molecule has 0 aromatic heterocycles. The van der Waals surface area contributed by atoms with E-state index >= 15 is 0 Å². The van der Waals surface area contributed by atoms with Crippen molar-refractivity contribution in [3.8, 4) is 0 Å². The lowest BCUT2D eigenvalue weighted by Gasteiger charge is -2.17. The maximum Gasteiger partial charge on any atom is 0.0588 e. The lowest BCUT2D eigenvalue weighted by Crippen LogP contribution is -2.20. The molecule has 1 atom stereocenters. The SMILES string of the molecule is c1cc(N2CCCC2)ccc1CNCCC1CCCO1. The van der Waals surface area contributed by atoms with Crippen LogP contribution < -0.4 is 10.2 Å². The maximum absolute atomic E-state index is 5.63. The summed E-state index contributed by atoms with van der Waals surface area (Å²) in [5.41, 5.74) is 2.76. The van der Waals surface area contributed by atoms with Gasteiger partial charge in [-0.25, -0.2) is 0 Å². The van der Waals surface area contributed by atoms with Crippen LogP contribution in [0.4, 0.5) is 5.69 Å². The van der Waals surface area contributed by atoms with E-state index in [9.17, 15) is 0 Å². The lowest BCUT2D eigenvalue weighted by atomic mass is 10.1. The van der Waals surface area contributed by atoms with Gasteiger partial charge in [0.25, 0.3) is 0 Å². The van der Waals surface area contributed by atoms with Crippen LogP contribution in [-0.4, -0.2) is 32.3 Å². The molecule has 2 aliphatic rings. The number of hydrogen-bond acceptors (Lipinski definition) is 3. The second-order valence-corrected chi connectivity index (χ2v) is 5.96. The Morgan fingerprint density at radius 1 is 1.10 bits per heavy atom. The number of hydrogen-bond donors (Lipinski definition) is 1. The van der Waals surface area contributed by atoms with E-state index in [0.717, 1.165) is 26.1 Å². The summed E-state index contributed by atoms with van der Waals surface area (Å²) >= 11 is 0. The number of anilines is 1. The molecule has 0 aliphatic carbocycles. The number of benzene rings is 1. The van der Waals surface area contributed by atoms with Crippen molar-refractivity contribution in [3.05, 3.63) is 29.8 Å². The molecule has 0 amide bonds. The zero-order valence-electron chi connectivity index (χ0n) is 12.3. The Labute approximate surface area is 122 Å². The number of ether oxygens (including phenoxy) is 1. The quantitative estimate of drug-likeness (QED) is 0.807. The largest absolute Gasteiger partial charge is 0.378 e. The van der Waals surface area contributed by atoms with E-state index < -0.39 is 0 Å². The molecule has 2 aliphatic heterocycles. The fourth-order valence-electron chi connectivity index (χ4n) is 3.17. The predicted molar refractivity (Wildman–Crippen MR) is 83.2 cm³/mol. The third kappa shape index (κ3) is 3.74. The van der Waals surface area contributed by atoms with Gasteiger partial charge in [-0.2, -0.15) is 0 Å². The molecule has 2 fully saturated rings. The van der Waals surface area contributed by atoms with E-state index in [1.807, 2.05) is 0 Å². The van der Waals surface area contributed by atoms with Crippen LogP contribution in [0, 0.1) is 0 Å². The molecule has 0 saturated carbocycles. The van der Waals surface area contributed by atoms with Gasteiger partial charge in [0.05, 0.1) is 6.10 Å². The molecule has 0 spiro atoms. The monoisotopic (exact) mass is 274 g/mol. The third-order valence-electron chi connectivity index (χ3n) is 4.40. The van der Waals surface area contributed by atoms with E-state index in [4.69, 9.17) is 4.74 Å². The highest BCUT2D eigenvalue weighted by atomic mass is 16.5. The average Bonchev–Trinajstić information content (AvgIpc) is 3.17. The Bertz CT molecular complexity index is 392. The Hall–Kier alpha value is -1.06. The van der Waals surface area contributed by atoms with Crippen molar-refractivity contribution >= 4 is 5.69 Å². The van der Waals surface area contributed by atoms with Gasteiger partial charge >= 0.3 is 0 Å². The molecule has 20 heavy (non-hydrogen) atoms. The highest BCUT2D eigenvalue weighted by Crippen LogP contribution is 2.20. The van der Waals surface area contributed by atoms with Crippen molar-refractivity contribution in [2.45, 2.75) is 44.8 Å². The standard InChI is InChI=1S/C17H26N2O/c1-2-12-19(11-1)16-7-5-15(6-8-16)14-18-10-9-17-4-3-13-20-17/h5-8,17-18H,1-4,9-14H2. The Morgan fingerprint density at radius 2 is 1.90 bits per heavy atom. The van der Waals surface area contributed by atoms with Crippen LogP contribution in [0.3, 0.4) is 0 Å². The van der Waals surface area contributed by atoms with Crippen molar-refractivity contribution in [2.75, 3.05) is 31.1 Å². The van der Waals surface area contributed by atoms with Crippen molar-refractivity contribution in [3.63, 3.8) is 0 Å². The van der Waals surface area contributed by atoms with Crippen molar-refractivity contribution in [1.82, 2.24) is 5.32 Å². The minimum Gasteiger partial charge on any atom is -0.378 e. The highest BCUT2D eigenvalue weighted by Gasteiger charge is 2.14. The van der Waals surface area contributed by atoms with Crippen LogP contribution in [0.2, 0.25) is 0 Å². The molecule has 1 aromatic rings. The third-order valence-corrected chi connectivity index (χ3v) is 4.40. The van der Waals surface area contributed by atoms with E-state index in [-0.39, 0.29) is 0 Å². The van der Waals surface area contributed by atoms with Crippen LogP contribution in [0.5, 0.6) is 0 Å². The molecule has 3 nitrogen and oxygen atoms in total. The molecule has 110 valence electrons. The lowest BCUT2D eigenvalue weighted by molar-refractivity contribution is 0.104. The molecule has 2 saturated heterocycles. The van der Waals surface area contributed by atoms with Gasteiger partial charge in [0, 0.05) is 31.9 Å². The zero-order chi connectivity index (χ0) is 13.6. The summed E-state index contributed by atoms with van der Waals surface area (Å²) in [5.74, 6) is 0. The van der Waals surface area contributed by atoms with Gasteiger partial charge in [-0.05, 0) is 56.3 Å². The van der Waals surface area contributed by atoms with E-state index in [2.05, 4.69) is 34.5 Å². The van der Waals surface area contributed by atoms with Crippen molar-refractivity contribution in [1.29, 1.82) is 0 Å². The Balaban J connectivity index is 1.39. The molecule has 1 N–H and O–H groups in total. The number of nitrogens with one attached hydrogen (secondary N) is 1. The maximum atomic E-state index is 5.63. The topological polar surface area (TPSA) is 24.5 Å². The summed E-state index contributed by atoms with van der Waals surface area (Å²) in [4.78, 5) is 2.48. The van der Waals surface area contributed by atoms with E-state index in [1.54, 1.807) is 0 Å². The molecular formula is C17H26N2O. The predicted octanol–water partition coefficient (Wildman–Crippen LogP) is 2.95. The molecule has 2 heterocycles. The zero-order valence-corrected chi connectivity index (χ0v) is 12.3. The van der Waals surface area contributed by atoms with Crippen LogP contribution in [0.25, 0.3) is 0 Å². The first-order valence-corrected chi connectivity index (χ1v) is 8.08. The van der Waals surface area contributed by atoms with Crippen molar-refractivity contribution < 1.29 is 4.74 Å². The van der Waals surface area contributed by atoms with E-state index in [1.165, 1.54) is 50.0 Å². The fraction of sp³-hybridized carbons (Fsp3) is 0.647. The second kappa shape index (κ2) is 7.09. The Kier molecular flexibility index (Phi) is 4.93. The average molecular weight is 274 g/mol. The smallest absolute Gasteiger partial charge is 0.0588 e. The Morgan fingerprint density at radius 3 is 2.60 bits per heavy atom. The molecule has 3 rings (SSSR count). The van der Waals surface area contributed by atoms with Gasteiger partial charge < -0.3 is 15.0 Å².